The summed E-state index contributed by atoms with van der Waals surface area (Å²) < 4.78 is 20.6. The highest BCUT2D eigenvalue weighted by molar-refractivity contribution is 6.03. The highest BCUT2D eigenvalue weighted by atomic mass is 19.1. The molecule has 1 atom stereocenters. The standard InChI is InChI=1S/C17H17FN6O2/c1-26-11-5-7-23(10-11)16-3-2-15-20-9-14(24(15)22-16)17(25)21-13-4-6-19-8-12(13)18/h2-4,6,8-9,11H,5,7,10H2,1H3,(H,19,21,25). The number of amides is 1. The fourth-order valence-electron chi connectivity index (χ4n) is 2.98. The molecule has 4 heterocycles. The van der Waals surface area contributed by atoms with Gasteiger partial charge < -0.3 is 15.0 Å². The van der Waals surface area contributed by atoms with Gasteiger partial charge in [0.15, 0.2) is 17.2 Å². The molecule has 0 bridgehead atoms. The summed E-state index contributed by atoms with van der Waals surface area (Å²) in [7, 11) is 1.70. The van der Waals surface area contributed by atoms with Gasteiger partial charge in [-0.05, 0) is 24.6 Å². The number of pyridine rings is 1. The molecular formula is C17H17FN6O2. The van der Waals surface area contributed by atoms with Gasteiger partial charge in [-0.15, -0.1) is 5.10 Å². The summed E-state index contributed by atoms with van der Waals surface area (Å²) >= 11 is 0. The van der Waals surface area contributed by atoms with Crippen LogP contribution in [0.4, 0.5) is 15.9 Å². The van der Waals surface area contributed by atoms with Gasteiger partial charge in [-0.25, -0.2) is 13.9 Å². The lowest BCUT2D eigenvalue weighted by Crippen LogP contribution is -2.24. The Kier molecular flexibility index (Phi) is 4.21. The van der Waals surface area contributed by atoms with Crippen LogP contribution in [0, 0.1) is 5.82 Å². The maximum Gasteiger partial charge on any atom is 0.276 e. The van der Waals surface area contributed by atoms with Crippen molar-refractivity contribution in [2.75, 3.05) is 30.4 Å². The Morgan fingerprint density at radius 1 is 1.35 bits per heavy atom. The Labute approximate surface area is 148 Å². The van der Waals surface area contributed by atoms with Crippen molar-refractivity contribution in [3.8, 4) is 0 Å². The van der Waals surface area contributed by atoms with Gasteiger partial charge in [0, 0.05) is 26.4 Å². The molecule has 134 valence electrons. The number of hydrogen-bond acceptors (Lipinski definition) is 6. The summed E-state index contributed by atoms with van der Waals surface area (Å²) in [6.07, 6.45) is 4.97. The van der Waals surface area contributed by atoms with Gasteiger partial charge in [-0.3, -0.25) is 9.78 Å². The molecule has 9 heteroatoms. The summed E-state index contributed by atoms with van der Waals surface area (Å²) in [5, 5.41) is 7.05. The Balaban J connectivity index is 1.62. The molecule has 8 nitrogen and oxygen atoms in total. The lowest BCUT2D eigenvalue weighted by Gasteiger charge is -2.17. The first-order chi connectivity index (χ1) is 12.7. The van der Waals surface area contributed by atoms with Gasteiger partial charge in [0.25, 0.3) is 5.91 Å². The third-order valence-electron chi connectivity index (χ3n) is 4.40. The van der Waals surface area contributed by atoms with Crippen molar-refractivity contribution >= 4 is 23.1 Å². The van der Waals surface area contributed by atoms with Crippen LogP contribution in [0.15, 0.2) is 36.8 Å². The van der Waals surface area contributed by atoms with Crippen LogP contribution in [0.1, 0.15) is 16.9 Å². The number of nitrogens with one attached hydrogen (secondary N) is 1. The largest absolute Gasteiger partial charge is 0.380 e. The molecule has 0 aromatic carbocycles. The molecule has 1 saturated heterocycles. The number of fused-ring (bicyclic) bond motifs is 1. The van der Waals surface area contributed by atoms with Gasteiger partial charge >= 0.3 is 0 Å². The van der Waals surface area contributed by atoms with Crippen LogP contribution in [0.3, 0.4) is 0 Å². The normalized spacial score (nSPS) is 17.0. The number of methoxy groups -OCH3 is 1. The zero-order chi connectivity index (χ0) is 18.1. The second kappa shape index (κ2) is 6.68. The second-order valence-electron chi connectivity index (χ2n) is 6.01. The van der Waals surface area contributed by atoms with Gasteiger partial charge in [-0.1, -0.05) is 0 Å². The topological polar surface area (TPSA) is 84.6 Å². The quantitative estimate of drug-likeness (QED) is 0.767. The van der Waals surface area contributed by atoms with Crippen LogP contribution in [-0.2, 0) is 4.74 Å². The van der Waals surface area contributed by atoms with E-state index in [0.717, 1.165) is 31.5 Å². The average molecular weight is 356 g/mol. The molecule has 0 radical (unpaired) electrons. The van der Waals surface area contributed by atoms with E-state index in [9.17, 15) is 9.18 Å². The molecule has 0 spiro atoms. The summed E-state index contributed by atoms with van der Waals surface area (Å²) in [4.78, 5) is 22.5. The van der Waals surface area contributed by atoms with Crippen LogP contribution in [0.25, 0.3) is 5.65 Å². The first-order valence-electron chi connectivity index (χ1n) is 8.19. The van der Waals surface area contributed by atoms with E-state index in [2.05, 4.69) is 25.3 Å². The molecule has 1 fully saturated rings. The van der Waals surface area contributed by atoms with Crippen LogP contribution >= 0.6 is 0 Å². The molecule has 0 aliphatic carbocycles. The van der Waals surface area contributed by atoms with Crippen molar-refractivity contribution < 1.29 is 13.9 Å². The van der Waals surface area contributed by atoms with Crippen molar-refractivity contribution in [3.05, 3.63) is 48.3 Å². The third kappa shape index (κ3) is 2.97. The van der Waals surface area contributed by atoms with E-state index in [1.54, 1.807) is 13.2 Å². The Morgan fingerprint density at radius 2 is 2.23 bits per heavy atom. The van der Waals surface area contributed by atoms with E-state index < -0.39 is 11.7 Å². The molecular weight excluding hydrogens is 339 g/mol. The van der Waals surface area contributed by atoms with Crippen LogP contribution in [0.2, 0.25) is 0 Å². The summed E-state index contributed by atoms with van der Waals surface area (Å²) in [5.74, 6) is -0.367. The van der Waals surface area contributed by atoms with E-state index in [-0.39, 0.29) is 17.5 Å². The number of hydrogen-bond donors (Lipinski definition) is 1. The molecule has 0 saturated carbocycles. The number of ether oxygens (including phenoxy) is 1. The first-order valence-corrected chi connectivity index (χ1v) is 8.19. The predicted molar refractivity (Wildman–Crippen MR) is 92.8 cm³/mol. The van der Waals surface area contributed by atoms with Crippen LogP contribution in [0.5, 0.6) is 0 Å². The molecule has 1 aliphatic rings. The number of halogens is 1. The smallest absolute Gasteiger partial charge is 0.276 e. The Morgan fingerprint density at radius 3 is 3.00 bits per heavy atom. The zero-order valence-corrected chi connectivity index (χ0v) is 14.1. The first kappa shape index (κ1) is 16.4. The molecule has 1 amide bonds. The highest BCUT2D eigenvalue weighted by Gasteiger charge is 2.24. The van der Waals surface area contributed by atoms with Crippen molar-refractivity contribution in [1.82, 2.24) is 19.6 Å². The number of imidazole rings is 1. The molecule has 3 aromatic heterocycles. The van der Waals surface area contributed by atoms with E-state index in [1.165, 1.54) is 23.0 Å². The molecule has 1 N–H and O–H groups in total. The SMILES string of the molecule is COC1CCN(c2ccc3ncc(C(=O)Nc4ccncc4F)n3n2)C1. The van der Waals surface area contributed by atoms with Crippen LogP contribution < -0.4 is 10.2 Å². The monoisotopic (exact) mass is 356 g/mol. The van der Waals surface area contributed by atoms with Gasteiger partial charge in [0.05, 0.1) is 24.2 Å². The fourth-order valence-corrected chi connectivity index (χ4v) is 2.98. The van der Waals surface area contributed by atoms with E-state index >= 15 is 0 Å². The van der Waals surface area contributed by atoms with Crippen molar-refractivity contribution in [2.24, 2.45) is 0 Å². The fraction of sp³-hybridized carbons (Fsp3) is 0.294. The highest BCUT2D eigenvalue weighted by Crippen LogP contribution is 2.21. The number of anilines is 2. The Hall–Kier alpha value is -3.07. The number of carbonyl (C=O) groups excluding carboxylic acids is 1. The minimum Gasteiger partial charge on any atom is -0.380 e. The van der Waals surface area contributed by atoms with Crippen molar-refractivity contribution in [1.29, 1.82) is 0 Å². The lowest BCUT2D eigenvalue weighted by atomic mass is 10.3. The predicted octanol–water partition coefficient (Wildman–Crippen LogP) is 1.74. The molecule has 3 aromatic rings. The van der Waals surface area contributed by atoms with E-state index in [4.69, 9.17) is 4.74 Å². The summed E-state index contributed by atoms with van der Waals surface area (Å²) in [5.41, 5.74) is 0.815. The molecule has 1 unspecified atom stereocenters. The number of carbonyl (C=O) groups is 1. The molecule has 1 aliphatic heterocycles. The van der Waals surface area contributed by atoms with Crippen LogP contribution in [-0.4, -0.2) is 51.8 Å². The second-order valence-corrected chi connectivity index (χ2v) is 6.01. The lowest BCUT2D eigenvalue weighted by molar-refractivity contribution is 0.101. The minimum absolute atomic E-state index is 0.0542. The maximum absolute atomic E-state index is 13.7. The third-order valence-corrected chi connectivity index (χ3v) is 4.40. The number of aromatic nitrogens is 4. The van der Waals surface area contributed by atoms with Gasteiger partial charge in [0.2, 0.25) is 0 Å². The maximum atomic E-state index is 13.7. The van der Waals surface area contributed by atoms with Gasteiger partial charge in [0.1, 0.15) is 5.82 Å². The van der Waals surface area contributed by atoms with E-state index in [0.29, 0.717) is 5.65 Å². The average Bonchev–Trinajstić information content (AvgIpc) is 3.29. The molecule has 26 heavy (non-hydrogen) atoms. The number of nitrogens with zero attached hydrogens (tertiary/aromatic N) is 5. The van der Waals surface area contributed by atoms with Crippen molar-refractivity contribution in [2.45, 2.75) is 12.5 Å². The minimum atomic E-state index is -0.606. The van der Waals surface area contributed by atoms with Gasteiger partial charge in [-0.2, -0.15) is 0 Å². The Bertz CT molecular complexity index is 959. The van der Waals surface area contributed by atoms with Crippen molar-refractivity contribution in [3.63, 3.8) is 0 Å². The molecule has 4 rings (SSSR count). The number of rotatable bonds is 4. The summed E-state index contributed by atoms with van der Waals surface area (Å²) in [6.45, 7) is 1.57. The summed E-state index contributed by atoms with van der Waals surface area (Å²) in [6, 6.07) is 5.06. The van der Waals surface area contributed by atoms with E-state index in [1.807, 2.05) is 6.07 Å². The zero-order valence-electron chi connectivity index (χ0n) is 14.1.